The molecular formula is C18H26F9NO4. The SMILES string of the molecule is CCCCCC(=O)OC(COCC(F)(F)C(F)(F)C(F)(F)C(F)(F)F)CN1CCOCC1. The van der Waals surface area contributed by atoms with Gasteiger partial charge in [0.1, 0.15) is 12.7 Å². The second-order valence-corrected chi connectivity index (χ2v) is 7.35. The average Bonchev–Trinajstić information content (AvgIpc) is 2.67. The van der Waals surface area contributed by atoms with Crippen LogP contribution in [0.25, 0.3) is 0 Å². The van der Waals surface area contributed by atoms with Crippen LogP contribution in [-0.4, -0.2) is 87.0 Å². The number of nitrogens with zero attached hydrogens (tertiary/aromatic N) is 1. The van der Waals surface area contributed by atoms with Crippen LogP contribution in [-0.2, 0) is 19.0 Å². The topological polar surface area (TPSA) is 48.0 Å². The van der Waals surface area contributed by atoms with E-state index in [-0.39, 0.29) is 13.0 Å². The van der Waals surface area contributed by atoms with Crippen molar-refractivity contribution in [2.75, 3.05) is 46.1 Å². The first-order valence-electron chi connectivity index (χ1n) is 9.93. The van der Waals surface area contributed by atoms with Crippen molar-refractivity contribution in [3.8, 4) is 0 Å². The quantitative estimate of drug-likeness (QED) is 0.219. The summed E-state index contributed by atoms with van der Waals surface area (Å²) in [7, 11) is 0. The molecule has 0 saturated carbocycles. The molecule has 1 saturated heterocycles. The summed E-state index contributed by atoms with van der Waals surface area (Å²) in [6.45, 7) is -0.0729. The molecule has 1 atom stereocenters. The Bertz CT molecular complexity index is 581. The minimum atomic E-state index is -6.98. The van der Waals surface area contributed by atoms with Gasteiger partial charge in [0, 0.05) is 26.1 Å². The molecule has 1 unspecified atom stereocenters. The van der Waals surface area contributed by atoms with Crippen LogP contribution in [0, 0.1) is 0 Å². The standard InChI is InChI=1S/C18H26F9NO4/c1-2-3-4-5-14(29)32-13(10-28-6-8-30-9-7-28)11-31-12-15(19,20)16(21,22)17(23,24)18(25,26)27/h13H,2-12H2,1H3. The van der Waals surface area contributed by atoms with E-state index in [9.17, 15) is 44.3 Å². The summed E-state index contributed by atoms with van der Waals surface area (Å²) >= 11 is 0. The van der Waals surface area contributed by atoms with Gasteiger partial charge in [0.25, 0.3) is 0 Å². The summed E-state index contributed by atoms with van der Waals surface area (Å²) in [5, 5.41) is 0. The lowest BCUT2D eigenvalue weighted by molar-refractivity contribution is -0.400. The fraction of sp³-hybridized carbons (Fsp3) is 0.944. The number of unbranched alkanes of at least 4 members (excludes halogenated alkanes) is 2. The molecule has 190 valence electrons. The first-order chi connectivity index (χ1) is 14.7. The molecule has 0 aromatic rings. The van der Waals surface area contributed by atoms with Crippen LogP contribution in [0.5, 0.6) is 0 Å². The van der Waals surface area contributed by atoms with Gasteiger partial charge < -0.3 is 14.2 Å². The van der Waals surface area contributed by atoms with Crippen molar-refractivity contribution in [2.24, 2.45) is 0 Å². The third-order valence-electron chi connectivity index (χ3n) is 4.64. The van der Waals surface area contributed by atoms with E-state index in [0.717, 1.165) is 6.42 Å². The van der Waals surface area contributed by atoms with Gasteiger partial charge in [0.2, 0.25) is 0 Å². The van der Waals surface area contributed by atoms with Crippen LogP contribution in [0.4, 0.5) is 39.5 Å². The highest BCUT2D eigenvalue weighted by Crippen LogP contribution is 2.53. The first-order valence-corrected chi connectivity index (χ1v) is 9.93. The lowest BCUT2D eigenvalue weighted by Crippen LogP contribution is -2.62. The molecular weight excluding hydrogens is 465 g/mol. The van der Waals surface area contributed by atoms with Crippen molar-refractivity contribution in [2.45, 2.75) is 62.7 Å². The number of carbonyl (C=O) groups excluding carboxylic acids is 1. The zero-order valence-corrected chi connectivity index (χ0v) is 17.3. The maximum absolute atomic E-state index is 13.6. The maximum atomic E-state index is 13.6. The lowest BCUT2D eigenvalue weighted by Gasteiger charge is -2.34. The fourth-order valence-corrected chi connectivity index (χ4v) is 2.78. The predicted molar refractivity (Wildman–Crippen MR) is 93.0 cm³/mol. The molecule has 1 heterocycles. The number of hydrogen-bond donors (Lipinski definition) is 0. The lowest BCUT2D eigenvalue weighted by atomic mass is 10.0. The van der Waals surface area contributed by atoms with Crippen LogP contribution < -0.4 is 0 Å². The Morgan fingerprint density at radius 3 is 2.09 bits per heavy atom. The minimum Gasteiger partial charge on any atom is -0.459 e. The van der Waals surface area contributed by atoms with Crippen molar-refractivity contribution in [3.05, 3.63) is 0 Å². The van der Waals surface area contributed by atoms with Crippen LogP contribution >= 0.6 is 0 Å². The highest BCUT2D eigenvalue weighted by molar-refractivity contribution is 5.69. The summed E-state index contributed by atoms with van der Waals surface area (Å²) in [6, 6.07) is 0. The molecule has 0 aliphatic carbocycles. The van der Waals surface area contributed by atoms with Crippen LogP contribution in [0.15, 0.2) is 0 Å². The minimum absolute atomic E-state index is 0.000509. The van der Waals surface area contributed by atoms with Gasteiger partial charge in [0.05, 0.1) is 19.8 Å². The van der Waals surface area contributed by atoms with E-state index in [1.807, 2.05) is 6.92 Å². The largest absolute Gasteiger partial charge is 0.460 e. The normalized spacial score (nSPS) is 17.9. The molecule has 1 rings (SSSR count). The van der Waals surface area contributed by atoms with Gasteiger partial charge in [-0.1, -0.05) is 19.8 Å². The Labute approximate surface area is 179 Å². The van der Waals surface area contributed by atoms with Crippen molar-refractivity contribution < 1.29 is 58.5 Å². The third kappa shape index (κ3) is 7.65. The molecule has 1 fully saturated rings. The number of ether oxygens (including phenoxy) is 3. The molecule has 0 amide bonds. The summed E-state index contributed by atoms with van der Waals surface area (Å²) < 4.78 is 131. The highest BCUT2D eigenvalue weighted by atomic mass is 19.4. The van der Waals surface area contributed by atoms with Crippen molar-refractivity contribution in [3.63, 3.8) is 0 Å². The van der Waals surface area contributed by atoms with E-state index in [0.29, 0.717) is 39.1 Å². The first kappa shape index (κ1) is 28.8. The Morgan fingerprint density at radius 1 is 0.969 bits per heavy atom. The van der Waals surface area contributed by atoms with Gasteiger partial charge in [0.15, 0.2) is 0 Å². The van der Waals surface area contributed by atoms with Crippen molar-refractivity contribution >= 4 is 5.97 Å². The monoisotopic (exact) mass is 491 g/mol. The third-order valence-corrected chi connectivity index (χ3v) is 4.64. The van der Waals surface area contributed by atoms with E-state index in [4.69, 9.17) is 9.47 Å². The van der Waals surface area contributed by atoms with Gasteiger partial charge in [-0.3, -0.25) is 9.69 Å². The van der Waals surface area contributed by atoms with Crippen LogP contribution in [0.3, 0.4) is 0 Å². The van der Waals surface area contributed by atoms with Crippen molar-refractivity contribution in [1.29, 1.82) is 0 Å². The van der Waals surface area contributed by atoms with E-state index in [2.05, 4.69) is 4.74 Å². The smallest absolute Gasteiger partial charge is 0.459 e. The Balaban J connectivity index is 2.76. The number of alkyl halides is 9. The number of carbonyl (C=O) groups is 1. The molecule has 0 radical (unpaired) electrons. The number of hydrogen-bond acceptors (Lipinski definition) is 5. The predicted octanol–water partition coefficient (Wildman–Crippen LogP) is 4.30. The Kier molecular flexibility index (Phi) is 10.5. The summed E-state index contributed by atoms with van der Waals surface area (Å²) in [6.07, 6.45) is -6.12. The summed E-state index contributed by atoms with van der Waals surface area (Å²) in [5.74, 6) is -20.3. The summed E-state index contributed by atoms with van der Waals surface area (Å²) in [5.41, 5.74) is 0. The van der Waals surface area contributed by atoms with Gasteiger partial charge in [-0.25, -0.2) is 0 Å². The molecule has 0 aromatic heterocycles. The Morgan fingerprint density at radius 2 is 1.56 bits per heavy atom. The number of esters is 1. The number of morpholine rings is 1. The van der Waals surface area contributed by atoms with E-state index >= 15 is 0 Å². The molecule has 0 bridgehead atoms. The number of halogens is 9. The zero-order valence-electron chi connectivity index (χ0n) is 17.3. The molecule has 14 heteroatoms. The van der Waals surface area contributed by atoms with Gasteiger partial charge in [-0.2, -0.15) is 39.5 Å². The second-order valence-electron chi connectivity index (χ2n) is 7.35. The second kappa shape index (κ2) is 11.7. The van der Waals surface area contributed by atoms with E-state index in [1.165, 1.54) is 0 Å². The van der Waals surface area contributed by atoms with E-state index < -0.39 is 49.2 Å². The van der Waals surface area contributed by atoms with Crippen LogP contribution in [0.2, 0.25) is 0 Å². The maximum Gasteiger partial charge on any atom is 0.460 e. The molecule has 5 nitrogen and oxygen atoms in total. The van der Waals surface area contributed by atoms with Crippen molar-refractivity contribution in [1.82, 2.24) is 4.90 Å². The van der Waals surface area contributed by atoms with Gasteiger partial charge in [-0.15, -0.1) is 0 Å². The van der Waals surface area contributed by atoms with Gasteiger partial charge in [-0.05, 0) is 6.42 Å². The molecule has 32 heavy (non-hydrogen) atoms. The molecule has 0 spiro atoms. The molecule has 0 aromatic carbocycles. The fourth-order valence-electron chi connectivity index (χ4n) is 2.78. The van der Waals surface area contributed by atoms with Gasteiger partial charge >= 0.3 is 29.9 Å². The Hall–Kier alpha value is -1.28. The molecule has 0 N–H and O–H groups in total. The zero-order chi connectivity index (χ0) is 24.6. The molecule has 1 aliphatic rings. The molecule has 1 aliphatic heterocycles. The average molecular weight is 491 g/mol. The summed E-state index contributed by atoms with van der Waals surface area (Å²) in [4.78, 5) is 13.6. The number of rotatable bonds is 13. The van der Waals surface area contributed by atoms with Crippen LogP contribution in [0.1, 0.15) is 32.6 Å². The van der Waals surface area contributed by atoms with E-state index in [1.54, 1.807) is 4.90 Å². The highest BCUT2D eigenvalue weighted by Gasteiger charge is 2.81.